The molecule has 1 fully saturated rings. The second kappa shape index (κ2) is 6.38. The van der Waals surface area contributed by atoms with Crippen molar-refractivity contribution < 1.29 is 9.90 Å². The first-order chi connectivity index (χ1) is 9.20. The van der Waals surface area contributed by atoms with Crippen LogP contribution in [0.2, 0.25) is 0 Å². The zero-order chi connectivity index (χ0) is 13.7. The van der Waals surface area contributed by atoms with Gasteiger partial charge in [-0.2, -0.15) is 0 Å². The number of nitrogens with one attached hydrogen (secondary N) is 2. The maximum atomic E-state index is 11.8. The number of carbonyl (C=O) groups excluding carboxylic acids is 1. The van der Waals surface area contributed by atoms with Crippen molar-refractivity contribution in [2.24, 2.45) is 0 Å². The van der Waals surface area contributed by atoms with Crippen molar-refractivity contribution in [3.63, 3.8) is 0 Å². The third kappa shape index (κ3) is 3.57. The molecule has 1 aromatic rings. The summed E-state index contributed by atoms with van der Waals surface area (Å²) in [5.41, 5.74) is 0.701. The molecule has 1 aliphatic heterocycles. The van der Waals surface area contributed by atoms with Gasteiger partial charge in [0.2, 0.25) is 0 Å². The highest BCUT2D eigenvalue weighted by Gasteiger charge is 2.18. The van der Waals surface area contributed by atoms with Crippen LogP contribution in [0.1, 0.15) is 19.8 Å². The van der Waals surface area contributed by atoms with Gasteiger partial charge in [-0.3, -0.25) is 0 Å². The van der Waals surface area contributed by atoms with Crippen molar-refractivity contribution in [1.29, 1.82) is 0 Å². The van der Waals surface area contributed by atoms with Crippen LogP contribution in [-0.4, -0.2) is 41.9 Å². The summed E-state index contributed by atoms with van der Waals surface area (Å²) in [6, 6.07) is 3.04. The van der Waals surface area contributed by atoms with Crippen LogP contribution in [0, 0.1) is 0 Å². The highest BCUT2D eigenvalue weighted by molar-refractivity contribution is 5.92. The van der Waals surface area contributed by atoms with Gasteiger partial charge in [0.1, 0.15) is 0 Å². The molecular formula is C13H20N4O2. The Labute approximate surface area is 112 Å². The molecule has 0 aromatic carbocycles. The van der Waals surface area contributed by atoms with Gasteiger partial charge >= 0.3 is 6.03 Å². The lowest BCUT2D eigenvalue weighted by Crippen LogP contribution is -2.38. The van der Waals surface area contributed by atoms with E-state index in [9.17, 15) is 4.79 Å². The number of amides is 2. The Morgan fingerprint density at radius 1 is 1.53 bits per heavy atom. The molecule has 2 rings (SSSR count). The van der Waals surface area contributed by atoms with E-state index in [0.29, 0.717) is 5.69 Å². The van der Waals surface area contributed by atoms with Crippen LogP contribution in [-0.2, 0) is 0 Å². The molecule has 2 heterocycles. The molecule has 2 amide bonds. The van der Waals surface area contributed by atoms with Crippen LogP contribution in [0.4, 0.5) is 16.3 Å². The lowest BCUT2D eigenvalue weighted by molar-refractivity contribution is 0.229. The van der Waals surface area contributed by atoms with Crippen LogP contribution in [0.3, 0.4) is 0 Å². The maximum Gasteiger partial charge on any atom is 0.319 e. The molecule has 1 atom stereocenters. The number of urea groups is 1. The average molecular weight is 264 g/mol. The smallest absolute Gasteiger partial charge is 0.319 e. The molecule has 1 saturated heterocycles. The number of hydrogen-bond donors (Lipinski definition) is 3. The number of carbonyl (C=O) groups is 1. The number of nitrogens with zero attached hydrogens (tertiary/aromatic N) is 2. The van der Waals surface area contributed by atoms with Crippen molar-refractivity contribution in [2.75, 3.05) is 29.9 Å². The number of anilines is 2. The average Bonchev–Trinajstić information content (AvgIpc) is 2.93. The quantitative estimate of drug-likeness (QED) is 0.763. The van der Waals surface area contributed by atoms with E-state index < -0.39 is 0 Å². The third-order valence-electron chi connectivity index (χ3n) is 3.09. The lowest BCUT2D eigenvalue weighted by Gasteiger charge is -2.20. The van der Waals surface area contributed by atoms with Gasteiger partial charge in [0.15, 0.2) is 5.82 Å². The molecule has 0 saturated carbocycles. The largest absolute Gasteiger partial charge is 0.394 e. The van der Waals surface area contributed by atoms with Crippen molar-refractivity contribution in [3.05, 3.63) is 18.3 Å². The molecule has 19 heavy (non-hydrogen) atoms. The molecule has 0 spiro atoms. The first-order valence-electron chi connectivity index (χ1n) is 6.59. The van der Waals surface area contributed by atoms with Gasteiger partial charge in [-0.05, 0) is 31.9 Å². The van der Waals surface area contributed by atoms with Gasteiger partial charge < -0.3 is 20.6 Å². The molecule has 3 N–H and O–H groups in total. The van der Waals surface area contributed by atoms with Crippen molar-refractivity contribution in [2.45, 2.75) is 25.8 Å². The zero-order valence-electron chi connectivity index (χ0n) is 11.1. The Morgan fingerprint density at radius 3 is 2.95 bits per heavy atom. The summed E-state index contributed by atoms with van der Waals surface area (Å²) in [6.07, 6.45) is 4.04. The molecule has 1 aliphatic rings. The zero-order valence-corrected chi connectivity index (χ0v) is 11.1. The summed E-state index contributed by atoms with van der Waals surface area (Å²) >= 11 is 0. The van der Waals surface area contributed by atoms with E-state index in [-0.39, 0.29) is 18.7 Å². The van der Waals surface area contributed by atoms with E-state index in [1.165, 1.54) is 0 Å². The molecule has 6 heteroatoms. The number of aliphatic hydroxyl groups is 1. The van der Waals surface area contributed by atoms with Gasteiger partial charge in [-0.25, -0.2) is 9.78 Å². The van der Waals surface area contributed by atoms with Crippen LogP contribution >= 0.6 is 0 Å². The van der Waals surface area contributed by atoms with E-state index in [2.05, 4.69) is 20.5 Å². The van der Waals surface area contributed by atoms with Crippen LogP contribution < -0.4 is 15.5 Å². The molecule has 1 unspecified atom stereocenters. The minimum absolute atomic E-state index is 0.0839. The summed E-state index contributed by atoms with van der Waals surface area (Å²) < 4.78 is 0. The van der Waals surface area contributed by atoms with Gasteiger partial charge in [0, 0.05) is 19.3 Å². The summed E-state index contributed by atoms with van der Waals surface area (Å²) in [5.74, 6) is 0.812. The Balaban J connectivity index is 2.05. The summed E-state index contributed by atoms with van der Waals surface area (Å²) in [7, 11) is 0. The second-order valence-electron chi connectivity index (χ2n) is 4.75. The van der Waals surface area contributed by atoms with Gasteiger partial charge in [-0.15, -0.1) is 0 Å². The van der Waals surface area contributed by atoms with E-state index in [4.69, 9.17) is 5.11 Å². The summed E-state index contributed by atoms with van der Waals surface area (Å²) in [5, 5.41) is 14.4. The fraction of sp³-hybridized carbons (Fsp3) is 0.538. The number of rotatable bonds is 4. The minimum atomic E-state index is -0.324. The van der Waals surface area contributed by atoms with Crippen molar-refractivity contribution >= 4 is 17.5 Å². The van der Waals surface area contributed by atoms with Crippen molar-refractivity contribution in [3.8, 4) is 0 Å². The normalized spacial score (nSPS) is 16.2. The predicted molar refractivity (Wildman–Crippen MR) is 74.4 cm³/mol. The number of pyridine rings is 1. The van der Waals surface area contributed by atoms with Crippen LogP contribution in [0.5, 0.6) is 0 Å². The minimum Gasteiger partial charge on any atom is -0.394 e. The molecule has 1 aromatic heterocycles. The fourth-order valence-electron chi connectivity index (χ4n) is 2.10. The Bertz CT molecular complexity index is 432. The van der Waals surface area contributed by atoms with E-state index >= 15 is 0 Å². The lowest BCUT2D eigenvalue weighted by atomic mass is 10.3. The summed E-state index contributed by atoms with van der Waals surface area (Å²) in [4.78, 5) is 18.3. The van der Waals surface area contributed by atoms with Gasteiger partial charge in [0.25, 0.3) is 0 Å². The molecule has 6 nitrogen and oxygen atoms in total. The Kier molecular flexibility index (Phi) is 4.57. The molecular weight excluding hydrogens is 244 g/mol. The second-order valence-corrected chi connectivity index (χ2v) is 4.75. The first kappa shape index (κ1) is 13.6. The van der Waals surface area contributed by atoms with Gasteiger partial charge in [-0.1, -0.05) is 0 Å². The van der Waals surface area contributed by atoms with Crippen LogP contribution in [0.25, 0.3) is 0 Å². The molecule has 104 valence electrons. The number of aromatic nitrogens is 1. The third-order valence-corrected chi connectivity index (χ3v) is 3.09. The standard InChI is InChI=1S/C13H20N4O2/c1-10(9-18)15-13(19)16-11-5-4-6-14-12(11)17-7-2-3-8-17/h4-6,10,18H,2-3,7-9H2,1H3,(H2,15,16,19). The highest BCUT2D eigenvalue weighted by Crippen LogP contribution is 2.25. The van der Waals surface area contributed by atoms with Crippen LogP contribution in [0.15, 0.2) is 18.3 Å². The monoisotopic (exact) mass is 264 g/mol. The summed E-state index contributed by atoms with van der Waals surface area (Å²) in [6.45, 7) is 3.60. The van der Waals surface area contributed by atoms with Gasteiger partial charge in [0.05, 0.1) is 18.3 Å². The maximum absolute atomic E-state index is 11.8. The topological polar surface area (TPSA) is 77.5 Å². The van der Waals surface area contributed by atoms with E-state index in [1.807, 2.05) is 6.07 Å². The molecule has 0 aliphatic carbocycles. The molecule has 0 bridgehead atoms. The van der Waals surface area contributed by atoms with Crippen molar-refractivity contribution in [1.82, 2.24) is 10.3 Å². The number of aliphatic hydroxyl groups excluding tert-OH is 1. The first-order valence-corrected chi connectivity index (χ1v) is 6.59. The number of hydrogen-bond acceptors (Lipinski definition) is 4. The highest BCUT2D eigenvalue weighted by atomic mass is 16.3. The Hall–Kier alpha value is -1.82. The van der Waals surface area contributed by atoms with E-state index in [1.54, 1.807) is 19.2 Å². The fourth-order valence-corrected chi connectivity index (χ4v) is 2.10. The SMILES string of the molecule is CC(CO)NC(=O)Nc1cccnc1N1CCCC1. The van der Waals surface area contributed by atoms with E-state index in [0.717, 1.165) is 31.7 Å². The Morgan fingerprint density at radius 2 is 2.26 bits per heavy atom. The predicted octanol–water partition coefficient (Wildman–Crippen LogP) is 1.18. The molecule has 0 radical (unpaired) electrons.